The largest absolute Gasteiger partial charge is 0.378 e. The number of thiophene rings is 1. The molecule has 2 rings (SSSR count). The van der Waals surface area contributed by atoms with E-state index in [4.69, 9.17) is 11.6 Å². The van der Waals surface area contributed by atoms with Crippen molar-refractivity contribution in [3.63, 3.8) is 0 Å². The van der Waals surface area contributed by atoms with E-state index in [1.54, 1.807) is 11.3 Å². The molecule has 0 saturated carbocycles. The Kier molecular flexibility index (Phi) is 5.88. The van der Waals surface area contributed by atoms with Crippen LogP contribution in [-0.2, 0) is 13.1 Å². The first-order valence-electron chi connectivity index (χ1n) is 6.94. The van der Waals surface area contributed by atoms with Crippen molar-refractivity contribution in [1.29, 1.82) is 0 Å². The van der Waals surface area contributed by atoms with Gasteiger partial charge in [-0.3, -0.25) is 4.68 Å². The smallest absolute Gasteiger partial charge is 0.0931 e. The number of rotatable bonds is 8. The lowest BCUT2D eigenvalue weighted by Gasteiger charge is -2.17. The minimum atomic E-state index is 0.791. The molecule has 110 valence electrons. The summed E-state index contributed by atoms with van der Waals surface area (Å²) in [7, 11) is 0. The molecule has 0 bridgehead atoms. The second-order valence-corrected chi connectivity index (χ2v) is 6.38. The van der Waals surface area contributed by atoms with Gasteiger partial charge in [0.05, 0.1) is 22.8 Å². The van der Waals surface area contributed by atoms with Gasteiger partial charge in [0.15, 0.2) is 0 Å². The minimum Gasteiger partial charge on any atom is -0.378 e. The fourth-order valence-corrected chi connectivity index (χ4v) is 3.02. The maximum Gasteiger partial charge on any atom is 0.0931 e. The van der Waals surface area contributed by atoms with E-state index in [1.165, 1.54) is 4.88 Å². The molecule has 4 nitrogen and oxygen atoms in total. The number of likely N-dealkylation sites (N-methyl/N-ethyl adjacent to an activating group) is 1. The highest BCUT2D eigenvalue weighted by Crippen LogP contribution is 2.22. The summed E-state index contributed by atoms with van der Waals surface area (Å²) in [6, 6.07) is 3.97. The maximum atomic E-state index is 5.91. The molecule has 2 aromatic rings. The lowest BCUT2D eigenvalue weighted by Crippen LogP contribution is -2.27. The van der Waals surface area contributed by atoms with Gasteiger partial charge in [0.25, 0.3) is 0 Å². The van der Waals surface area contributed by atoms with E-state index in [0.717, 1.165) is 42.7 Å². The van der Waals surface area contributed by atoms with Gasteiger partial charge in [0, 0.05) is 24.2 Å². The molecule has 2 heterocycles. The highest BCUT2D eigenvalue weighted by atomic mass is 35.5. The normalized spacial score (nSPS) is 11.2. The molecule has 0 aliphatic heterocycles. The van der Waals surface area contributed by atoms with Crippen molar-refractivity contribution < 1.29 is 0 Å². The van der Waals surface area contributed by atoms with Gasteiger partial charge in [0.2, 0.25) is 0 Å². The summed E-state index contributed by atoms with van der Waals surface area (Å²) < 4.78 is 2.82. The molecular weight excluding hydrogens is 292 g/mol. The molecule has 6 heteroatoms. The summed E-state index contributed by atoms with van der Waals surface area (Å²) in [5, 5.41) is 7.74. The molecule has 20 heavy (non-hydrogen) atoms. The number of anilines is 1. The van der Waals surface area contributed by atoms with Crippen molar-refractivity contribution in [3.05, 3.63) is 33.7 Å². The van der Waals surface area contributed by atoms with Crippen LogP contribution in [0.15, 0.2) is 24.5 Å². The topological polar surface area (TPSA) is 33.1 Å². The maximum absolute atomic E-state index is 5.91. The third-order valence-electron chi connectivity index (χ3n) is 3.27. The van der Waals surface area contributed by atoms with Gasteiger partial charge in [-0.15, -0.1) is 11.3 Å². The molecule has 0 radical (unpaired) electrons. The zero-order chi connectivity index (χ0) is 14.4. The van der Waals surface area contributed by atoms with E-state index in [1.807, 2.05) is 23.0 Å². The molecule has 0 spiro atoms. The van der Waals surface area contributed by atoms with Crippen LogP contribution in [0, 0.1) is 0 Å². The Bertz CT molecular complexity index is 519. The van der Waals surface area contributed by atoms with Crippen molar-refractivity contribution in [2.75, 3.05) is 25.0 Å². The zero-order valence-corrected chi connectivity index (χ0v) is 13.5. The highest BCUT2D eigenvalue weighted by Gasteiger charge is 2.03. The molecule has 0 amide bonds. The van der Waals surface area contributed by atoms with Crippen LogP contribution in [0.1, 0.15) is 18.7 Å². The molecule has 0 atom stereocenters. The van der Waals surface area contributed by atoms with Crippen molar-refractivity contribution in [2.24, 2.45) is 0 Å². The number of halogens is 1. The monoisotopic (exact) mass is 312 g/mol. The lowest BCUT2D eigenvalue weighted by molar-refractivity contribution is 0.285. The predicted octanol–water partition coefficient (Wildman–Crippen LogP) is 3.55. The quantitative estimate of drug-likeness (QED) is 0.809. The fraction of sp³-hybridized carbons (Fsp3) is 0.500. The predicted molar refractivity (Wildman–Crippen MR) is 86.7 cm³/mol. The van der Waals surface area contributed by atoms with Crippen LogP contribution >= 0.6 is 22.9 Å². The summed E-state index contributed by atoms with van der Waals surface area (Å²) >= 11 is 7.52. The average Bonchev–Trinajstić information content (AvgIpc) is 3.07. The Labute approximate surface area is 129 Å². The SMILES string of the molecule is CCN(CC)CCn1cc(NCc2ccc(Cl)s2)cn1. The van der Waals surface area contributed by atoms with Gasteiger partial charge in [-0.05, 0) is 25.2 Å². The third kappa shape index (κ3) is 4.51. The number of hydrogen-bond donors (Lipinski definition) is 1. The van der Waals surface area contributed by atoms with Crippen molar-refractivity contribution >= 4 is 28.6 Å². The summed E-state index contributed by atoms with van der Waals surface area (Å²) in [4.78, 5) is 3.62. The van der Waals surface area contributed by atoms with E-state index in [0.29, 0.717) is 0 Å². The van der Waals surface area contributed by atoms with Crippen LogP contribution in [0.5, 0.6) is 0 Å². The average molecular weight is 313 g/mol. The Morgan fingerprint density at radius 3 is 2.80 bits per heavy atom. The number of aromatic nitrogens is 2. The van der Waals surface area contributed by atoms with Crippen molar-refractivity contribution in [2.45, 2.75) is 26.9 Å². The Hall–Kier alpha value is -1.04. The number of hydrogen-bond acceptors (Lipinski definition) is 4. The van der Waals surface area contributed by atoms with E-state index < -0.39 is 0 Å². The first kappa shape index (κ1) is 15.4. The molecule has 0 unspecified atom stereocenters. The molecule has 0 aromatic carbocycles. The minimum absolute atomic E-state index is 0.791. The molecule has 0 aliphatic carbocycles. The van der Waals surface area contributed by atoms with Crippen molar-refractivity contribution in [1.82, 2.24) is 14.7 Å². The van der Waals surface area contributed by atoms with Gasteiger partial charge in [0.1, 0.15) is 0 Å². The second-order valence-electron chi connectivity index (χ2n) is 4.58. The van der Waals surface area contributed by atoms with Crippen LogP contribution < -0.4 is 5.32 Å². The van der Waals surface area contributed by atoms with E-state index in [-0.39, 0.29) is 0 Å². The van der Waals surface area contributed by atoms with Gasteiger partial charge < -0.3 is 10.2 Å². The summed E-state index contributed by atoms with van der Waals surface area (Å²) in [5.41, 5.74) is 1.05. The summed E-state index contributed by atoms with van der Waals surface area (Å²) in [5.74, 6) is 0. The Morgan fingerprint density at radius 1 is 1.35 bits per heavy atom. The molecule has 0 saturated heterocycles. The fourth-order valence-electron chi connectivity index (χ4n) is 2.00. The molecule has 0 fully saturated rings. The molecular formula is C14H21ClN4S. The van der Waals surface area contributed by atoms with Crippen LogP contribution in [0.4, 0.5) is 5.69 Å². The lowest BCUT2D eigenvalue weighted by atomic mass is 10.4. The third-order valence-corrected chi connectivity index (χ3v) is 4.50. The first-order chi connectivity index (χ1) is 9.71. The van der Waals surface area contributed by atoms with Crippen molar-refractivity contribution in [3.8, 4) is 0 Å². The summed E-state index contributed by atoms with van der Waals surface area (Å²) in [6.07, 6.45) is 3.93. The summed E-state index contributed by atoms with van der Waals surface area (Å²) in [6.45, 7) is 9.30. The van der Waals surface area contributed by atoms with Crippen LogP contribution in [0.25, 0.3) is 0 Å². The van der Waals surface area contributed by atoms with Crippen LogP contribution in [0.2, 0.25) is 4.34 Å². The standard InChI is InChI=1S/C14H21ClN4S/c1-3-18(4-2)7-8-19-11-12(9-17-19)16-10-13-5-6-14(15)20-13/h5-6,9,11,16H,3-4,7-8,10H2,1-2H3. The van der Waals surface area contributed by atoms with Gasteiger partial charge in [-0.2, -0.15) is 5.10 Å². The Balaban J connectivity index is 1.80. The number of nitrogens with one attached hydrogen (secondary N) is 1. The molecule has 2 aromatic heterocycles. The molecule has 0 aliphatic rings. The highest BCUT2D eigenvalue weighted by molar-refractivity contribution is 7.16. The van der Waals surface area contributed by atoms with Gasteiger partial charge >= 0.3 is 0 Å². The van der Waals surface area contributed by atoms with E-state index >= 15 is 0 Å². The van der Waals surface area contributed by atoms with Crippen LogP contribution in [0.3, 0.4) is 0 Å². The zero-order valence-electron chi connectivity index (χ0n) is 12.0. The first-order valence-corrected chi connectivity index (χ1v) is 8.13. The number of nitrogens with zero attached hydrogens (tertiary/aromatic N) is 3. The van der Waals surface area contributed by atoms with E-state index in [9.17, 15) is 0 Å². The van der Waals surface area contributed by atoms with E-state index in [2.05, 4.69) is 35.4 Å². The van der Waals surface area contributed by atoms with Crippen LogP contribution in [-0.4, -0.2) is 34.3 Å². The Morgan fingerprint density at radius 2 is 2.15 bits per heavy atom. The second kappa shape index (κ2) is 7.67. The van der Waals surface area contributed by atoms with Gasteiger partial charge in [-0.1, -0.05) is 25.4 Å². The molecule has 1 N–H and O–H groups in total. The van der Waals surface area contributed by atoms with Gasteiger partial charge in [-0.25, -0.2) is 0 Å².